The molecule has 3 aromatic rings. The number of hydrogen-bond acceptors (Lipinski definition) is 2. The zero-order chi connectivity index (χ0) is 22.1. The molecule has 1 amide bonds. The predicted octanol–water partition coefficient (Wildman–Crippen LogP) is 5.40. The first kappa shape index (κ1) is 21.2. The van der Waals surface area contributed by atoms with Gasteiger partial charge in [-0.2, -0.15) is 0 Å². The van der Waals surface area contributed by atoms with Crippen LogP contribution in [0.2, 0.25) is 0 Å². The summed E-state index contributed by atoms with van der Waals surface area (Å²) in [5, 5.41) is 4.86. The van der Waals surface area contributed by atoms with Gasteiger partial charge in [-0.25, -0.2) is 4.39 Å². The van der Waals surface area contributed by atoms with Crippen molar-refractivity contribution in [2.24, 2.45) is 0 Å². The lowest BCUT2D eigenvalue weighted by Crippen LogP contribution is -2.47. The van der Waals surface area contributed by atoms with Crippen LogP contribution in [0, 0.1) is 5.82 Å². The fraction of sp³-hybridized carbons (Fsp3) is 0.444. The molecule has 2 N–H and O–H groups in total. The van der Waals surface area contributed by atoms with Crippen LogP contribution in [0.25, 0.3) is 10.9 Å². The molecule has 0 radical (unpaired) electrons. The highest BCUT2D eigenvalue weighted by atomic mass is 19.1. The molecule has 1 aromatic heterocycles. The Hall–Kier alpha value is -2.66. The number of rotatable bonds is 6. The molecule has 2 aliphatic carbocycles. The van der Waals surface area contributed by atoms with Crippen LogP contribution >= 0.6 is 0 Å². The van der Waals surface area contributed by atoms with Gasteiger partial charge in [-0.1, -0.05) is 24.3 Å². The second kappa shape index (κ2) is 9.07. The fourth-order valence-electron chi connectivity index (χ4n) is 5.74. The molecule has 2 aromatic carbocycles. The van der Waals surface area contributed by atoms with Crippen LogP contribution < -0.4 is 5.32 Å². The maximum Gasteiger partial charge on any atom is 0.270 e. The first-order valence-corrected chi connectivity index (χ1v) is 12.0. The zero-order valence-corrected chi connectivity index (χ0v) is 18.7. The van der Waals surface area contributed by atoms with Crippen LogP contribution in [0.3, 0.4) is 0 Å². The van der Waals surface area contributed by atoms with E-state index in [4.69, 9.17) is 0 Å². The number of para-hydroxylation sites is 1. The van der Waals surface area contributed by atoms with Crippen molar-refractivity contribution in [2.45, 2.75) is 63.5 Å². The molecule has 1 heterocycles. The molecule has 168 valence electrons. The lowest BCUT2D eigenvalue weighted by Gasteiger charge is -2.37. The molecule has 0 saturated heterocycles. The number of amides is 1. The quantitative estimate of drug-likeness (QED) is 0.547. The van der Waals surface area contributed by atoms with Crippen LogP contribution in [-0.2, 0) is 6.42 Å². The Morgan fingerprint density at radius 3 is 2.88 bits per heavy atom. The number of nitrogens with zero attached hydrogens (tertiary/aromatic N) is 1. The molecule has 1 fully saturated rings. The maximum atomic E-state index is 13.5. The highest BCUT2D eigenvalue weighted by Crippen LogP contribution is 2.33. The van der Waals surface area contributed by atoms with Gasteiger partial charge in [0.1, 0.15) is 11.5 Å². The van der Waals surface area contributed by atoms with E-state index in [1.165, 1.54) is 11.1 Å². The summed E-state index contributed by atoms with van der Waals surface area (Å²) in [6.45, 7) is 3.72. The molecule has 0 unspecified atom stereocenters. The third kappa shape index (κ3) is 4.18. The number of aryl methyl sites for hydroxylation is 1. The van der Waals surface area contributed by atoms with Crippen LogP contribution in [0.15, 0.2) is 48.5 Å². The number of carbonyl (C=O) groups is 1. The Morgan fingerprint density at radius 1 is 1.16 bits per heavy atom. The van der Waals surface area contributed by atoms with Gasteiger partial charge < -0.3 is 15.2 Å². The number of benzene rings is 2. The Morgan fingerprint density at radius 2 is 2.03 bits per heavy atom. The second-order valence-corrected chi connectivity index (χ2v) is 9.37. The summed E-state index contributed by atoms with van der Waals surface area (Å²) >= 11 is 0. The van der Waals surface area contributed by atoms with Crippen molar-refractivity contribution in [1.29, 1.82) is 0 Å². The van der Waals surface area contributed by atoms with E-state index >= 15 is 0 Å². The zero-order valence-electron chi connectivity index (χ0n) is 18.7. The summed E-state index contributed by atoms with van der Waals surface area (Å²) in [5.41, 5.74) is 4.15. The Kier molecular flexibility index (Phi) is 6.01. The molecular weight excluding hydrogens is 401 g/mol. The fourth-order valence-corrected chi connectivity index (χ4v) is 5.74. The lowest BCUT2D eigenvalue weighted by atomic mass is 9.89. The highest BCUT2D eigenvalue weighted by molar-refractivity contribution is 5.98. The number of halogens is 1. The minimum atomic E-state index is -0.133. The molecular formula is C27H32FN3O. The summed E-state index contributed by atoms with van der Waals surface area (Å²) in [6.07, 6.45) is 6.38. The van der Waals surface area contributed by atoms with E-state index in [0.29, 0.717) is 24.2 Å². The van der Waals surface area contributed by atoms with Gasteiger partial charge in [-0.15, -0.1) is 0 Å². The van der Waals surface area contributed by atoms with Gasteiger partial charge in [0.05, 0.1) is 0 Å². The van der Waals surface area contributed by atoms with E-state index in [1.54, 1.807) is 12.1 Å². The molecule has 2 aliphatic rings. The van der Waals surface area contributed by atoms with Crippen LogP contribution in [0.1, 0.15) is 66.6 Å². The molecule has 5 heteroatoms. The van der Waals surface area contributed by atoms with E-state index in [0.717, 1.165) is 56.0 Å². The van der Waals surface area contributed by atoms with Gasteiger partial charge in [0.15, 0.2) is 0 Å². The van der Waals surface area contributed by atoms with Crippen molar-refractivity contribution in [1.82, 2.24) is 15.2 Å². The number of fused-ring (bicyclic) bond motifs is 2. The van der Waals surface area contributed by atoms with Crippen LogP contribution in [0.4, 0.5) is 4.39 Å². The largest absolute Gasteiger partial charge is 0.351 e. The normalized spacial score (nSPS) is 22.8. The van der Waals surface area contributed by atoms with Crippen molar-refractivity contribution >= 4 is 16.8 Å². The highest BCUT2D eigenvalue weighted by Gasteiger charge is 2.31. The van der Waals surface area contributed by atoms with Gasteiger partial charge in [0.2, 0.25) is 0 Å². The average molecular weight is 434 g/mol. The van der Waals surface area contributed by atoms with E-state index in [2.05, 4.69) is 17.2 Å². The summed E-state index contributed by atoms with van der Waals surface area (Å²) in [7, 11) is 0. The number of nitrogens with one attached hydrogen (secondary N) is 2. The standard InChI is InChI=1S/C27H32FN3O/c1-2-31(27(32)26-15-19-6-3-4-9-25(19)30-26)23-8-5-7-22(16-23)29-17-20-11-10-18-14-21(28)12-13-24(18)20/h3-4,6,9,12-15,20,22-23,29-30H,2,5,7-8,10-11,16-17H2,1H3/t20-,22-,23+/m1/s1. The van der Waals surface area contributed by atoms with Gasteiger partial charge >= 0.3 is 0 Å². The number of hydrogen-bond donors (Lipinski definition) is 2. The average Bonchev–Trinajstić information content (AvgIpc) is 3.42. The third-order valence-electron chi connectivity index (χ3n) is 7.41. The summed E-state index contributed by atoms with van der Waals surface area (Å²) in [5.74, 6) is 0.425. The number of aromatic nitrogens is 1. The third-order valence-corrected chi connectivity index (χ3v) is 7.41. The van der Waals surface area contributed by atoms with Gasteiger partial charge in [-0.05, 0) is 86.8 Å². The molecule has 1 saturated carbocycles. The SMILES string of the molecule is CCN(C(=O)c1cc2ccccc2[nH]1)[C@H]1CCC[C@@H](NC[C@H]2CCc3cc(F)ccc32)C1. The molecule has 32 heavy (non-hydrogen) atoms. The van der Waals surface area contributed by atoms with Crippen molar-refractivity contribution < 1.29 is 9.18 Å². The van der Waals surface area contributed by atoms with E-state index < -0.39 is 0 Å². The monoisotopic (exact) mass is 433 g/mol. The van der Waals surface area contributed by atoms with Crippen molar-refractivity contribution in [3.63, 3.8) is 0 Å². The lowest BCUT2D eigenvalue weighted by molar-refractivity contribution is 0.0623. The smallest absolute Gasteiger partial charge is 0.270 e. The Labute approximate surface area is 189 Å². The molecule has 0 spiro atoms. The minimum Gasteiger partial charge on any atom is -0.351 e. The second-order valence-electron chi connectivity index (χ2n) is 9.37. The molecule has 0 aliphatic heterocycles. The first-order chi connectivity index (χ1) is 15.6. The van der Waals surface area contributed by atoms with Crippen LogP contribution in [-0.4, -0.2) is 41.0 Å². The van der Waals surface area contributed by atoms with Crippen molar-refractivity contribution in [3.05, 3.63) is 71.2 Å². The van der Waals surface area contributed by atoms with Crippen molar-refractivity contribution in [2.75, 3.05) is 13.1 Å². The molecule has 3 atom stereocenters. The van der Waals surface area contributed by atoms with Gasteiger partial charge in [0, 0.05) is 36.1 Å². The number of aromatic amines is 1. The Bertz CT molecular complexity index is 1070. The summed E-state index contributed by atoms with van der Waals surface area (Å²) < 4.78 is 13.5. The van der Waals surface area contributed by atoms with E-state index in [9.17, 15) is 9.18 Å². The summed E-state index contributed by atoms with van der Waals surface area (Å²) in [4.78, 5) is 18.7. The van der Waals surface area contributed by atoms with Gasteiger partial charge in [0.25, 0.3) is 5.91 Å². The molecule has 0 bridgehead atoms. The van der Waals surface area contributed by atoms with E-state index in [-0.39, 0.29) is 17.8 Å². The predicted molar refractivity (Wildman–Crippen MR) is 127 cm³/mol. The maximum absolute atomic E-state index is 13.5. The van der Waals surface area contributed by atoms with Crippen molar-refractivity contribution in [3.8, 4) is 0 Å². The molecule has 5 rings (SSSR count). The summed E-state index contributed by atoms with van der Waals surface area (Å²) in [6, 6.07) is 15.9. The topological polar surface area (TPSA) is 48.1 Å². The van der Waals surface area contributed by atoms with E-state index in [1.807, 2.05) is 41.3 Å². The number of carbonyl (C=O) groups excluding carboxylic acids is 1. The van der Waals surface area contributed by atoms with Crippen LogP contribution in [0.5, 0.6) is 0 Å². The minimum absolute atomic E-state index is 0.0982. The first-order valence-electron chi connectivity index (χ1n) is 12.0. The molecule has 4 nitrogen and oxygen atoms in total. The Balaban J connectivity index is 1.22. The number of H-pyrrole nitrogens is 1. The van der Waals surface area contributed by atoms with Gasteiger partial charge in [-0.3, -0.25) is 4.79 Å².